The Hall–Kier alpha value is -3.48. The zero-order chi connectivity index (χ0) is 20.3. The topological polar surface area (TPSA) is 67.2 Å². The molecule has 1 heterocycles. The van der Waals surface area contributed by atoms with Gasteiger partial charge in [0.05, 0.1) is 17.5 Å². The normalized spacial score (nSPS) is 10.6. The number of amides is 2. The minimum Gasteiger partial charge on any atom is -0.355 e. The third kappa shape index (κ3) is 3.78. The Balaban J connectivity index is 1.77. The molecule has 144 valence electrons. The number of rotatable bonds is 5. The number of carbonyl (C=O) groups excluding carboxylic acids is 2. The molecule has 0 saturated carbocycles. The number of para-hydroxylation sites is 1. The van der Waals surface area contributed by atoms with E-state index in [-0.39, 0.29) is 11.8 Å². The van der Waals surface area contributed by atoms with Crippen molar-refractivity contribution in [2.45, 2.75) is 13.5 Å². The smallest absolute Gasteiger partial charge is 0.257 e. The number of hydrogen-bond acceptors (Lipinski definition) is 3. The van der Waals surface area contributed by atoms with Gasteiger partial charge < -0.3 is 10.2 Å². The Labute approximate surface area is 162 Å². The second-order valence-electron chi connectivity index (χ2n) is 6.44. The highest BCUT2D eigenvalue weighted by Crippen LogP contribution is 2.19. The summed E-state index contributed by atoms with van der Waals surface area (Å²) >= 11 is 0. The highest BCUT2D eigenvalue weighted by Gasteiger charge is 2.20. The van der Waals surface area contributed by atoms with Crippen molar-refractivity contribution in [3.8, 4) is 5.69 Å². The number of nitrogens with zero attached hydrogens (tertiary/aromatic N) is 3. The third-order valence-corrected chi connectivity index (χ3v) is 4.53. The second-order valence-corrected chi connectivity index (χ2v) is 6.44. The first-order valence-electron chi connectivity index (χ1n) is 8.78. The number of benzene rings is 2. The van der Waals surface area contributed by atoms with Crippen LogP contribution in [-0.4, -0.2) is 40.6 Å². The van der Waals surface area contributed by atoms with Gasteiger partial charge in [-0.05, 0) is 36.8 Å². The van der Waals surface area contributed by atoms with Crippen molar-refractivity contribution in [1.29, 1.82) is 0 Å². The van der Waals surface area contributed by atoms with Crippen molar-refractivity contribution < 1.29 is 14.0 Å². The van der Waals surface area contributed by atoms with E-state index in [4.69, 9.17) is 0 Å². The van der Waals surface area contributed by atoms with Gasteiger partial charge in [-0.1, -0.05) is 24.3 Å². The maximum Gasteiger partial charge on any atom is 0.257 e. The average Bonchev–Trinajstić information content (AvgIpc) is 3.08. The maximum atomic E-state index is 14.0. The fourth-order valence-corrected chi connectivity index (χ4v) is 2.94. The number of halogens is 1. The summed E-state index contributed by atoms with van der Waals surface area (Å²) in [6, 6.07) is 13.3. The lowest BCUT2D eigenvalue weighted by molar-refractivity contribution is 0.0784. The summed E-state index contributed by atoms with van der Waals surface area (Å²) in [5, 5.41) is 6.75. The van der Waals surface area contributed by atoms with Crippen LogP contribution in [0.4, 0.5) is 4.39 Å². The van der Waals surface area contributed by atoms with Crippen molar-refractivity contribution >= 4 is 11.8 Å². The van der Waals surface area contributed by atoms with Crippen molar-refractivity contribution in [3.05, 3.63) is 82.9 Å². The first kappa shape index (κ1) is 19.3. The molecule has 0 aliphatic rings. The molecule has 0 atom stereocenters. The minimum atomic E-state index is -0.405. The van der Waals surface area contributed by atoms with E-state index < -0.39 is 5.82 Å². The van der Waals surface area contributed by atoms with Gasteiger partial charge in [-0.2, -0.15) is 5.10 Å². The molecular formula is C21H21FN4O2. The predicted molar refractivity (Wildman–Crippen MR) is 104 cm³/mol. The largest absolute Gasteiger partial charge is 0.355 e. The molecule has 6 nitrogen and oxygen atoms in total. The van der Waals surface area contributed by atoms with Crippen LogP contribution in [0.15, 0.2) is 54.7 Å². The van der Waals surface area contributed by atoms with Gasteiger partial charge >= 0.3 is 0 Å². The molecule has 1 N–H and O–H groups in total. The lowest BCUT2D eigenvalue weighted by Crippen LogP contribution is -2.26. The molecule has 0 saturated heterocycles. The lowest BCUT2D eigenvalue weighted by atomic mass is 10.1. The molecule has 0 radical (unpaired) electrons. The van der Waals surface area contributed by atoms with Crippen molar-refractivity contribution in [2.24, 2.45) is 0 Å². The molecule has 2 aromatic carbocycles. The maximum absolute atomic E-state index is 14.0. The van der Waals surface area contributed by atoms with E-state index in [0.29, 0.717) is 29.1 Å². The number of nitrogens with one attached hydrogen (secondary N) is 1. The van der Waals surface area contributed by atoms with Crippen LogP contribution >= 0.6 is 0 Å². The van der Waals surface area contributed by atoms with Crippen LogP contribution in [0.2, 0.25) is 0 Å². The number of hydrogen-bond donors (Lipinski definition) is 1. The third-order valence-electron chi connectivity index (χ3n) is 4.53. The van der Waals surface area contributed by atoms with E-state index in [1.165, 1.54) is 16.9 Å². The van der Waals surface area contributed by atoms with E-state index in [2.05, 4.69) is 10.4 Å². The van der Waals surface area contributed by atoms with E-state index in [0.717, 1.165) is 5.56 Å². The molecule has 0 aliphatic carbocycles. The zero-order valence-electron chi connectivity index (χ0n) is 15.9. The summed E-state index contributed by atoms with van der Waals surface area (Å²) in [6.45, 7) is 2.11. The van der Waals surface area contributed by atoms with Gasteiger partial charge in [-0.15, -0.1) is 0 Å². The van der Waals surface area contributed by atoms with E-state index in [9.17, 15) is 14.0 Å². The van der Waals surface area contributed by atoms with Gasteiger partial charge in [0.2, 0.25) is 0 Å². The molecule has 3 rings (SSSR count). The summed E-state index contributed by atoms with van der Waals surface area (Å²) in [6.07, 6.45) is 1.45. The molecule has 0 spiro atoms. The highest BCUT2D eigenvalue weighted by molar-refractivity contribution is 5.95. The molecular weight excluding hydrogens is 359 g/mol. The van der Waals surface area contributed by atoms with Gasteiger partial charge in [0.1, 0.15) is 11.5 Å². The minimum absolute atomic E-state index is 0.160. The first-order valence-corrected chi connectivity index (χ1v) is 8.78. The van der Waals surface area contributed by atoms with Gasteiger partial charge in [-0.25, -0.2) is 9.07 Å². The summed E-state index contributed by atoms with van der Waals surface area (Å²) in [5.74, 6) is -0.778. The van der Waals surface area contributed by atoms with Crippen LogP contribution in [0.3, 0.4) is 0 Å². The SMILES string of the molecule is CNC(=O)c1ccc(CN(C)C(=O)c2cnn(-c3ccccc3F)c2C)cc1. The van der Waals surface area contributed by atoms with Crippen LogP contribution < -0.4 is 5.32 Å². The molecule has 28 heavy (non-hydrogen) atoms. The van der Waals surface area contributed by atoms with Gasteiger partial charge in [0.25, 0.3) is 11.8 Å². The summed E-state index contributed by atoms with van der Waals surface area (Å²) < 4.78 is 15.5. The average molecular weight is 380 g/mol. The molecule has 0 bridgehead atoms. The van der Waals surface area contributed by atoms with Crippen LogP contribution in [0, 0.1) is 12.7 Å². The molecule has 2 amide bonds. The monoisotopic (exact) mass is 380 g/mol. The summed E-state index contributed by atoms with van der Waals surface area (Å²) in [5.41, 5.74) is 2.72. The zero-order valence-corrected chi connectivity index (χ0v) is 15.9. The van der Waals surface area contributed by atoms with Crippen LogP contribution in [0.5, 0.6) is 0 Å². The van der Waals surface area contributed by atoms with Gasteiger partial charge in [-0.3, -0.25) is 9.59 Å². The quantitative estimate of drug-likeness (QED) is 0.740. The van der Waals surface area contributed by atoms with Crippen molar-refractivity contribution in [1.82, 2.24) is 20.0 Å². The Morgan fingerprint density at radius 3 is 2.46 bits per heavy atom. The standard InChI is InChI=1S/C21H21FN4O2/c1-14-17(12-24-26(14)19-7-5-4-6-18(19)22)21(28)25(3)13-15-8-10-16(11-9-15)20(27)23-2/h4-12H,13H2,1-3H3,(H,23,27). The molecule has 0 unspecified atom stereocenters. The van der Waals surface area contributed by atoms with Crippen molar-refractivity contribution in [3.63, 3.8) is 0 Å². The number of carbonyl (C=O) groups is 2. The summed E-state index contributed by atoms with van der Waals surface area (Å²) in [4.78, 5) is 26.0. The van der Waals surface area contributed by atoms with E-state index in [1.807, 2.05) is 12.1 Å². The highest BCUT2D eigenvalue weighted by atomic mass is 19.1. The van der Waals surface area contributed by atoms with Gasteiger partial charge in [0, 0.05) is 26.2 Å². The van der Waals surface area contributed by atoms with Crippen LogP contribution in [0.25, 0.3) is 5.69 Å². The van der Waals surface area contributed by atoms with E-state index >= 15 is 0 Å². The van der Waals surface area contributed by atoms with E-state index in [1.54, 1.807) is 56.3 Å². The molecule has 0 aliphatic heterocycles. The first-order chi connectivity index (χ1) is 13.4. The molecule has 0 fully saturated rings. The lowest BCUT2D eigenvalue weighted by Gasteiger charge is -2.17. The summed E-state index contributed by atoms with van der Waals surface area (Å²) in [7, 11) is 3.27. The second kappa shape index (κ2) is 8.04. The fourth-order valence-electron chi connectivity index (χ4n) is 2.94. The Kier molecular flexibility index (Phi) is 5.54. The van der Waals surface area contributed by atoms with Crippen molar-refractivity contribution in [2.75, 3.05) is 14.1 Å². The van der Waals surface area contributed by atoms with Crippen LogP contribution in [-0.2, 0) is 6.54 Å². The van der Waals surface area contributed by atoms with Gasteiger partial charge in [0.15, 0.2) is 0 Å². The number of aromatic nitrogens is 2. The Morgan fingerprint density at radius 2 is 1.82 bits per heavy atom. The fraction of sp³-hybridized carbons (Fsp3) is 0.190. The predicted octanol–water partition coefficient (Wildman–Crippen LogP) is 2.95. The molecule has 3 aromatic rings. The molecule has 7 heteroatoms. The molecule has 1 aromatic heterocycles. The Morgan fingerprint density at radius 1 is 1.14 bits per heavy atom. The van der Waals surface area contributed by atoms with Crippen LogP contribution in [0.1, 0.15) is 32.0 Å². The Bertz CT molecular complexity index is 1010.